The van der Waals surface area contributed by atoms with Crippen LogP contribution in [0.3, 0.4) is 0 Å². The SMILES string of the molecule is CNC(=O)C(CCC=O)N1Cc2c(CCCCN3CCN(c4ccccc4C)CC3)cccc2C1=O. The van der Waals surface area contributed by atoms with E-state index in [9.17, 15) is 14.4 Å². The second kappa shape index (κ2) is 12.2. The maximum atomic E-state index is 13.1. The third-order valence-electron chi connectivity index (χ3n) is 7.57. The van der Waals surface area contributed by atoms with Gasteiger partial charge < -0.3 is 19.9 Å². The minimum atomic E-state index is -0.619. The molecule has 192 valence electrons. The fourth-order valence-corrected chi connectivity index (χ4v) is 5.51. The number of hydrogen-bond donors (Lipinski definition) is 1. The third kappa shape index (κ3) is 5.78. The molecule has 0 saturated carbocycles. The Hall–Kier alpha value is -3.19. The molecule has 1 fully saturated rings. The largest absolute Gasteiger partial charge is 0.369 e. The number of aldehydes is 1. The molecule has 2 aliphatic heterocycles. The van der Waals surface area contributed by atoms with Gasteiger partial charge in [-0.15, -0.1) is 0 Å². The van der Waals surface area contributed by atoms with E-state index in [1.165, 1.54) is 16.8 Å². The van der Waals surface area contributed by atoms with E-state index >= 15 is 0 Å². The zero-order valence-electron chi connectivity index (χ0n) is 21.5. The summed E-state index contributed by atoms with van der Waals surface area (Å²) in [4.78, 5) is 43.1. The molecule has 0 aromatic heterocycles. The van der Waals surface area contributed by atoms with Crippen LogP contribution in [0, 0.1) is 6.92 Å². The van der Waals surface area contributed by atoms with Crippen LogP contribution >= 0.6 is 0 Å². The molecular weight excluding hydrogens is 452 g/mol. The van der Waals surface area contributed by atoms with Gasteiger partial charge in [-0.25, -0.2) is 0 Å². The Balaban J connectivity index is 1.28. The summed E-state index contributed by atoms with van der Waals surface area (Å²) < 4.78 is 0. The number of nitrogens with zero attached hydrogens (tertiary/aromatic N) is 3. The molecule has 1 unspecified atom stereocenters. The molecule has 0 spiro atoms. The standard InChI is InChI=1S/C29H38N4O3/c1-22-9-3-4-13-26(22)32-18-16-31(17-19-32)15-6-5-10-23-11-7-12-24-25(23)21-33(29(24)36)27(14-8-20-34)28(35)30-2/h3-4,7,9,11-13,20,27H,5-6,8,10,14-19,21H2,1-2H3,(H,30,35). The monoisotopic (exact) mass is 490 g/mol. The van der Waals surface area contributed by atoms with Crippen LogP contribution in [0.15, 0.2) is 42.5 Å². The van der Waals surface area contributed by atoms with Crippen molar-refractivity contribution in [2.24, 2.45) is 0 Å². The molecule has 0 radical (unpaired) electrons. The fraction of sp³-hybridized carbons (Fsp3) is 0.483. The molecule has 7 heteroatoms. The van der Waals surface area contributed by atoms with Gasteiger partial charge in [0.15, 0.2) is 0 Å². The Bertz CT molecular complexity index is 1080. The van der Waals surface area contributed by atoms with Crippen molar-refractivity contribution in [1.29, 1.82) is 0 Å². The molecule has 2 aromatic carbocycles. The molecule has 0 bridgehead atoms. The summed E-state index contributed by atoms with van der Waals surface area (Å²) in [5, 5.41) is 2.64. The molecule has 1 atom stereocenters. The van der Waals surface area contributed by atoms with Crippen molar-refractivity contribution in [3.63, 3.8) is 0 Å². The third-order valence-corrected chi connectivity index (χ3v) is 7.57. The van der Waals surface area contributed by atoms with Gasteiger partial charge in [0.25, 0.3) is 5.91 Å². The molecule has 36 heavy (non-hydrogen) atoms. The predicted octanol–water partition coefficient (Wildman–Crippen LogP) is 3.19. The first-order chi connectivity index (χ1) is 17.5. The number of aryl methyl sites for hydroxylation is 2. The van der Waals surface area contributed by atoms with Crippen LogP contribution in [0.5, 0.6) is 0 Å². The molecule has 2 aliphatic rings. The summed E-state index contributed by atoms with van der Waals surface area (Å²) in [5.74, 6) is -0.333. The first kappa shape index (κ1) is 25.9. The molecule has 0 aliphatic carbocycles. The number of carbonyl (C=O) groups excluding carboxylic acids is 3. The highest BCUT2D eigenvalue weighted by Gasteiger charge is 2.36. The number of unbranched alkanes of at least 4 members (excludes halogenated alkanes) is 1. The van der Waals surface area contributed by atoms with Gasteiger partial charge in [-0.2, -0.15) is 0 Å². The summed E-state index contributed by atoms with van der Waals surface area (Å²) in [5.41, 5.74) is 5.61. The summed E-state index contributed by atoms with van der Waals surface area (Å²) in [6, 6.07) is 13.9. The van der Waals surface area contributed by atoms with Crippen molar-refractivity contribution in [3.8, 4) is 0 Å². The summed E-state index contributed by atoms with van der Waals surface area (Å²) in [7, 11) is 1.57. The van der Waals surface area contributed by atoms with Gasteiger partial charge in [0.2, 0.25) is 5.91 Å². The van der Waals surface area contributed by atoms with E-state index in [1.54, 1.807) is 11.9 Å². The lowest BCUT2D eigenvalue weighted by Crippen LogP contribution is -2.46. The van der Waals surface area contributed by atoms with Gasteiger partial charge >= 0.3 is 0 Å². The lowest BCUT2D eigenvalue weighted by atomic mass is 9.98. The maximum absolute atomic E-state index is 13.1. The topological polar surface area (TPSA) is 73.0 Å². The minimum Gasteiger partial charge on any atom is -0.369 e. The number of amides is 2. The van der Waals surface area contributed by atoms with E-state index in [0.717, 1.165) is 63.8 Å². The van der Waals surface area contributed by atoms with Crippen LogP contribution < -0.4 is 10.2 Å². The number of piperazine rings is 1. The molecule has 1 N–H and O–H groups in total. The fourth-order valence-electron chi connectivity index (χ4n) is 5.51. The molecular formula is C29H38N4O3. The highest BCUT2D eigenvalue weighted by atomic mass is 16.2. The smallest absolute Gasteiger partial charge is 0.255 e. The summed E-state index contributed by atoms with van der Waals surface area (Å²) in [6.07, 6.45) is 4.50. The number of hydrogen-bond acceptors (Lipinski definition) is 5. The number of likely N-dealkylation sites (N-methyl/N-ethyl adjacent to an activating group) is 1. The lowest BCUT2D eigenvalue weighted by molar-refractivity contribution is -0.125. The van der Waals surface area contributed by atoms with Crippen LogP contribution in [-0.4, -0.2) is 73.7 Å². The van der Waals surface area contributed by atoms with Crippen LogP contribution in [0.25, 0.3) is 0 Å². The first-order valence-electron chi connectivity index (χ1n) is 13.1. The van der Waals surface area contributed by atoms with Crippen molar-refractivity contribution < 1.29 is 14.4 Å². The van der Waals surface area contributed by atoms with Crippen LogP contribution in [-0.2, 0) is 22.6 Å². The predicted molar refractivity (Wildman–Crippen MR) is 142 cm³/mol. The van der Waals surface area contributed by atoms with E-state index in [4.69, 9.17) is 0 Å². The van der Waals surface area contributed by atoms with E-state index < -0.39 is 6.04 Å². The zero-order chi connectivity index (χ0) is 25.5. The molecule has 2 aromatic rings. The minimum absolute atomic E-state index is 0.113. The lowest BCUT2D eigenvalue weighted by Gasteiger charge is -2.36. The number of fused-ring (bicyclic) bond motifs is 1. The molecule has 7 nitrogen and oxygen atoms in total. The number of rotatable bonds is 11. The number of para-hydroxylation sites is 1. The van der Waals surface area contributed by atoms with Crippen molar-refractivity contribution in [2.45, 2.75) is 51.6 Å². The highest BCUT2D eigenvalue weighted by Crippen LogP contribution is 2.30. The second-order valence-electron chi connectivity index (χ2n) is 9.82. The van der Waals surface area contributed by atoms with Gasteiger partial charge in [-0.3, -0.25) is 14.5 Å². The Morgan fingerprint density at radius 2 is 1.83 bits per heavy atom. The van der Waals surface area contributed by atoms with Gasteiger partial charge in [0.05, 0.1) is 0 Å². The molecule has 1 saturated heterocycles. The first-order valence-corrected chi connectivity index (χ1v) is 13.1. The average molecular weight is 491 g/mol. The Kier molecular flexibility index (Phi) is 8.75. The van der Waals surface area contributed by atoms with Crippen molar-refractivity contribution in [3.05, 3.63) is 64.7 Å². The number of carbonyl (C=O) groups is 3. The van der Waals surface area contributed by atoms with Crippen LogP contribution in [0.1, 0.15) is 52.7 Å². The summed E-state index contributed by atoms with van der Waals surface area (Å²) >= 11 is 0. The maximum Gasteiger partial charge on any atom is 0.255 e. The normalized spacial score (nSPS) is 16.7. The van der Waals surface area contributed by atoms with Gasteiger partial charge in [0.1, 0.15) is 12.3 Å². The van der Waals surface area contributed by atoms with Gasteiger partial charge in [0, 0.05) is 57.4 Å². The Labute approximate surface area is 214 Å². The zero-order valence-corrected chi connectivity index (χ0v) is 21.5. The van der Waals surface area contributed by atoms with Crippen molar-refractivity contribution in [2.75, 3.05) is 44.7 Å². The van der Waals surface area contributed by atoms with E-state index in [2.05, 4.69) is 52.4 Å². The van der Waals surface area contributed by atoms with E-state index in [-0.39, 0.29) is 18.2 Å². The number of nitrogens with one attached hydrogen (secondary N) is 1. The van der Waals surface area contributed by atoms with Crippen LogP contribution in [0.2, 0.25) is 0 Å². The van der Waals surface area contributed by atoms with Crippen molar-refractivity contribution in [1.82, 2.24) is 15.1 Å². The second-order valence-corrected chi connectivity index (χ2v) is 9.82. The Morgan fingerprint density at radius 3 is 2.56 bits per heavy atom. The van der Waals surface area contributed by atoms with Gasteiger partial charge in [-0.05, 0) is 68.0 Å². The molecule has 4 rings (SSSR count). The van der Waals surface area contributed by atoms with E-state index in [0.29, 0.717) is 18.5 Å². The van der Waals surface area contributed by atoms with Crippen molar-refractivity contribution >= 4 is 23.8 Å². The molecule has 2 heterocycles. The van der Waals surface area contributed by atoms with E-state index in [1.807, 2.05) is 12.1 Å². The quantitative estimate of drug-likeness (QED) is 0.387. The summed E-state index contributed by atoms with van der Waals surface area (Å²) in [6.45, 7) is 7.99. The number of anilines is 1. The van der Waals surface area contributed by atoms with Crippen LogP contribution in [0.4, 0.5) is 5.69 Å². The molecule has 2 amide bonds. The van der Waals surface area contributed by atoms with Gasteiger partial charge in [-0.1, -0.05) is 30.3 Å². The highest BCUT2D eigenvalue weighted by molar-refractivity contribution is 6.01. The number of benzene rings is 2. The average Bonchev–Trinajstić information content (AvgIpc) is 3.24. The Morgan fingerprint density at radius 1 is 1.06 bits per heavy atom.